The van der Waals surface area contributed by atoms with Crippen LogP contribution in [-0.2, 0) is 25.8 Å². The summed E-state index contributed by atoms with van der Waals surface area (Å²) in [4.78, 5) is 11.5. The summed E-state index contributed by atoms with van der Waals surface area (Å²) in [6.07, 6.45) is 5.17. The lowest BCUT2D eigenvalue weighted by molar-refractivity contribution is 0.380. The van der Waals surface area contributed by atoms with Crippen molar-refractivity contribution in [3.05, 3.63) is 28.1 Å². The van der Waals surface area contributed by atoms with Gasteiger partial charge in [-0.2, -0.15) is 0 Å². The second kappa shape index (κ2) is 9.73. The van der Waals surface area contributed by atoms with Gasteiger partial charge in [0.1, 0.15) is 5.76 Å². The molecule has 1 aliphatic heterocycles. The molecule has 0 amide bonds. The summed E-state index contributed by atoms with van der Waals surface area (Å²) in [6.45, 7) is 7.94. The van der Waals surface area contributed by atoms with Crippen LogP contribution in [0.4, 0.5) is 5.13 Å². The van der Waals surface area contributed by atoms with E-state index in [0.29, 0.717) is 6.54 Å². The highest BCUT2D eigenvalue weighted by Gasteiger charge is 2.16. The van der Waals surface area contributed by atoms with Crippen molar-refractivity contribution in [1.29, 1.82) is 0 Å². The summed E-state index contributed by atoms with van der Waals surface area (Å²) in [5, 5.41) is 14.2. The molecule has 1 saturated heterocycles. The number of hydrogen-bond donors (Lipinski definition) is 2. The van der Waals surface area contributed by atoms with Crippen molar-refractivity contribution in [1.82, 2.24) is 20.8 Å². The Labute approximate surface area is 165 Å². The molecule has 0 spiro atoms. The zero-order valence-electron chi connectivity index (χ0n) is 16.5. The number of thiazole rings is 1. The standard InChI is InChI=1S/C19H30N6OS/c1-4-16-15(17(5-2)26-24-16)12-22-18(20-3)21-9-8-14-13-27-19(23-14)25-10-6-7-11-25/h13H,4-12H2,1-3H3,(H2,20,21,22). The van der Waals surface area contributed by atoms with Gasteiger partial charge in [-0.05, 0) is 19.3 Å². The Bertz CT molecular complexity index is 726. The molecule has 0 unspecified atom stereocenters. The monoisotopic (exact) mass is 390 g/mol. The van der Waals surface area contributed by atoms with E-state index in [0.717, 1.165) is 72.7 Å². The molecule has 2 aromatic rings. The lowest BCUT2D eigenvalue weighted by atomic mass is 10.1. The van der Waals surface area contributed by atoms with Gasteiger partial charge in [0, 0.05) is 57.0 Å². The second-order valence-corrected chi connectivity index (χ2v) is 7.49. The van der Waals surface area contributed by atoms with Crippen LogP contribution >= 0.6 is 11.3 Å². The highest BCUT2D eigenvalue weighted by atomic mass is 32.1. The first-order valence-electron chi connectivity index (χ1n) is 9.85. The van der Waals surface area contributed by atoms with Crippen LogP contribution in [0.15, 0.2) is 14.9 Å². The number of aryl methyl sites for hydroxylation is 2. The van der Waals surface area contributed by atoms with Gasteiger partial charge in [0.2, 0.25) is 0 Å². The van der Waals surface area contributed by atoms with E-state index in [2.05, 4.69) is 44.9 Å². The van der Waals surface area contributed by atoms with Crippen LogP contribution in [0.25, 0.3) is 0 Å². The predicted molar refractivity (Wildman–Crippen MR) is 111 cm³/mol. The van der Waals surface area contributed by atoms with Crippen LogP contribution in [0.3, 0.4) is 0 Å². The van der Waals surface area contributed by atoms with E-state index in [1.165, 1.54) is 12.8 Å². The second-order valence-electron chi connectivity index (χ2n) is 6.66. The first-order valence-corrected chi connectivity index (χ1v) is 10.7. The van der Waals surface area contributed by atoms with Gasteiger partial charge in [-0.3, -0.25) is 4.99 Å². The fourth-order valence-corrected chi connectivity index (χ4v) is 4.22. The number of guanidine groups is 1. The summed E-state index contributed by atoms with van der Waals surface area (Å²) in [5.41, 5.74) is 3.31. The number of aliphatic imine (C=N–C) groups is 1. The maximum absolute atomic E-state index is 5.42. The number of rotatable bonds is 8. The van der Waals surface area contributed by atoms with Gasteiger partial charge in [0.25, 0.3) is 0 Å². The lowest BCUT2D eigenvalue weighted by Crippen LogP contribution is -2.38. The maximum Gasteiger partial charge on any atom is 0.191 e. The SMILES string of the molecule is CCc1noc(CC)c1CNC(=NC)NCCc1csc(N2CCCC2)n1. The van der Waals surface area contributed by atoms with E-state index in [9.17, 15) is 0 Å². The van der Waals surface area contributed by atoms with Crippen molar-refractivity contribution < 1.29 is 4.52 Å². The zero-order valence-corrected chi connectivity index (χ0v) is 17.4. The molecule has 7 nitrogen and oxygen atoms in total. The molecule has 2 N–H and O–H groups in total. The third-order valence-electron chi connectivity index (χ3n) is 4.85. The molecule has 0 bridgehead atoms. The van der Waals surface area contributed by atoms with E-state index >= 15 is 0 Å². The van der Waals surface area contributed by atoms with Crippen LogP contribution in [0, 0.1) is 0 Å². The minimum atomic E-state index is 0.672. The molecule has 0 aliphatic carbocycles. The number of aromatic nitrogens is 2. The Balaban J connectivity index is 1.46. The highest BCUT2D eigenvalue weighted by molar-refractivity contribution is 7.13. The van der Waals surface area contributed by atoms with Crippen molar-refractivity contribution in [3.63, 3.8) is 0 Å². The van der Waals surface area contributed by atoms with Crippen molar-refractivity contribution in [2.75, 3.05) is 31.6 Å². The minimum Gasteiger partial charge on any atom is -0.361 e. The van der Waals surface area contributed by atoms with E-state index < -0.39 is 0 Å². The van der Waals surface area contributed by atoms with Crippen LogP contribution in [0.5, 0.6) is 0 Å². The molecule has 0 aromatic carbocycles. The van der Waals surface area contributed by atoms with Gasteiger partial charge in [-0.1, -0.05) is 19.0 Å². The summed E-state index contributed by atoms with van der Waals surface area (Å²) in [6, 6.07) is 0. The van der Waals surface area contributed by atoms with Gasteiger partial charge >= 0.3 is 0 Å². The normalized spacial score (nSPS) is 14.8. The van der Waals surface area contributed by atoms with E-state index in [1.54, 1.807) is 18.4 Å². The quantitative estimate of drug-likeness (QED) is 0.533. The van der Waals surface area contributed by atoms with Crippen LogP contribution < -0.4 is 15.5 Å². The Morgan fingerprint density at radius 2 is 2.07 bits per heavy atom. The van der Waals surface area contributed by atoms with Gasteiger partial charge in [-0.25, -0.2) is 4.98 Å². The zero-order chi connectivity index (χ0) is 19.1. The molecule has 3 rings (SSSR count). The van der Waals surface area contributed by atoms with E-state index in [4.69, 9.17) is 9.51 Å². The van der Waals surface area contributed by atoms with Crippen molar-refractivity contribution >= 4 is 22.4 Å². The highest BCUT2D eigenvalue weighted by Crippen LogP contribution is 2.24. The molecule has 0 radical (unpaired) electrons. The van der Waals surface area contributed by atoms with Crippen LogP contribution in [0.1, 0.15) is 49.4 Å². The fraction of sp³-hybridized carbons (Fsp3) is 0.632. The third kappa shape index (κ3) is 5.00. The van der Waals surface area contributed by atoms with Gasteiger partial charge < -0.3 is 20.1 Å². The van der Waals surface area contributed by atoms with E-state index in [1.807, 2.05) is 0 Å². The molecule has 8 heteroatoms. The lowest BCUT2D eigenvalue weighted by Gasteiger charge is -2.13. The Kier molecular flexibility index (Phi) is 7.09. The molecule has 3 heterocycles. The number of nitrogens with zero attached hydrogens (tertiary/aromatic N) is 4. The number of anilines is 1. The number of hydrogen-bond acceptors (Lipinski definition) is 6. The largest absolute Gasteiger partial charge is 0.361 e. The molecular weight excluding hydrogens is 360 g/mol. The summed E-state index contributed by atoms with van der Waals surface area (Å²) >= 11 is 1.75. The Morgan fingerprint density at radius 1 is 1.26 bits per heavy atom. The third-order valence-corrected chi connectivity index (χ3v) is 5.80. The molecular formula is C19H30N6OS. The molecule has 0 atom stereocenters. The van der Waals surface area contributed by atoms with Gasteiger partial charge in [0.05, 0.1) is 11.4 Å². The van der Waals surface area contributed by atoms with Crippen LogP contribution in [-0.4, -0.2) is 42.8 Å². The first kappa shape index (κ1) is 19.7. The van der Waals surface area contributed by atoms with Crippen LogP contribution in [0.2, 0.25) is 0 Å². The topological polar surface area (TPSA) is 78.6 Å². The Hall–Kier alpha value is -2.09. The fourth-order valence-electron chi connectivity index (χ4n) is 3.30. The van der Waals surface area contributed by atoms with Crippen molar-refractivity contribution in [2.45, 2.75) is 52.5 Å². The molecule has 0 saturated carbocycles. The molecule has 1 fully saturated rings. The number of nitrogens with one attached hydrogen (secondary N) is 2. The van der Waals surface area contributed by atoms with Crippen molar-refractivity contribution in [3.8, 4) is 0 Å². The molecule has 1 aliphatic rings. The average Bonchev–Trinajstić information content (AvgIpc) is 3.44. The maximum atomic E-state index is 5.42. The molecule has 2 aromatic heterocycles. The predicted octanol–water partition coefficient (Wildman–Crippen LogP) is 2.76. The smallest absolute Gasteiger partial charge is 0.191 e. The summed E-state index contributed by atoms with van der Waals surface area (Å²) in [7, 11) is 1.79. The van der Waals surface area contributed by atoms with E-state index in [-0.39, 0.29) is 0 Å². The first-order chi connectivity index (χ1) is 13.2. The Morgan fingerprint density at radius 3 is 2.78 bits per heavy atom. The molecule has 27 heavy (non-hydrogen) atoms. The van der Waals surface area contributed by atoms with Crippen molar-refractivity contribution in [2.24, 2.45) is 4.99 Å². The van der Waals surface area contributed by atoms with Gasteiger partial charge in [-0.15, -0.1) is 11.3 Å². The summed E-state index contributed by atoms with van der Waals surface area (Å²) in [5.74, 6) is 1.74. The average molecular weight is 391 g/mol. The summed E-state index contributed by atoms with van der Waals surface area (Å²) < 4.78 is 5.42. The molecule has 148 valence electrons. The van der Waals surface area contributed by atoms with Gasteiger partial charge in [0.15, 0.2) is 11.1 Å². The minimum absolute atomic E-state index is 0.672.